The van der Waals surface area contributed by atoms with Crippen LogP contribution in [-0.4, -0.2) is 53.8 Å². The number of hydrogen-bond acceptors (Lipinski definition) is 6. The van der Waals surface area contributed by atoms with E-state index in [0.717, 1.165) is 33.3 Å². The lowest BCUT2D eigenvalue weighted by Crippen LogP contribution is -2.33. The third-order valence-corrected chi connectivity index (χ3v) is 6.97. The van der Waals surface area contributed by atoms with E-state index in [2.05, 4.69) is 15.9 Å². The SMILES string of the molecule is Cc1ccsc1C1C(C(=O)c2cc3cc(Br)ccc3o2)=C(O)C(=O)N1CCCN(C)C. The molecular formula is C23H23BrN2O4S. The number of halogens is 1. The molecule has 1 amide bonds. The maximum atomic E-state index is 13.5. The van der Waals surface area contributed by atoms with Gasteiger partial charge in [-0.1, -0.05) is 15.9 Å². The van der Waals surface area contributed by atoms with Gasteiger partial charge in [-0.05, 0) is 75.3 Å². The number of nitrogens with zero attached hydrogens (tertiary/aromatic N) is 2. The van der Waals surface area contributed by atoms with Crippen molar-refractivity contribution < 1.29 is 19.1 Å². The number of carbonyl (C=O) groups excluding carboxylic acids is 2. The molecule has 3 heterocycles. The molecule has 4 rings (SSSR count). The Hall–Kier alpha value is -2.42. The Morgan fingerprint density at radius 2 is 2.06 bits per heavy atom. The molecule has 162 valence electrons. The van der Waals surface area contributed by atoms with Crippen LogP contribution >= 0.6 is 27.3 Å². The van der Waals surface area contributed by atoms with Crippen LogP contribution in [-0.2, 0) is 4.79 Å². The number of aliphatic hydroxyl groups is 1. The lowest BCUT2D eigenvalue weighted by atomic mass is 9.98. The van der Waals surface area contributed by atoms with E-state index in [-0.39, 0.29) is 11.3 Å². The minimum atomic E-state index is -0.623. The second kappa shape index (κ2) is 8.61. The molecule has 0 saturated carbocycles. The molecule has 0 bridgehead atoms. The van der Waals surface area contributed by atoms with Crippen LogP contribution in [0.5, 0.6) is 0 Å². The summed E-state index contributed by atoms with van der Waals surface area (Å²) in [6.45, 7) is 3.18. The van der Waals surface area contributed by atoms with E-state index in [1.54, 1.807) is 17.0 Å². The smallest absolute Gasteiger partial charge is 0.290 e. The van der Waals surface area contributed by atoms with Crippen molar-refractivity contribution in [2.75, 3.05) is 27.2 Å². The van der Waals surface area contributed by atoms with Crippen molar-refractivity contribution in [2.24, 2.45) is 0 Å². The molecule has 1 aromatic carbocycles. The van der Waals surface area contributed by atoms with Crippen LogP contribution in [0.2, 0.25) is 0 Å². The predicted octanol–water partition coefficient (Wildman–Crippen LogP) is 5.10. The molecule has 3 aromatic rings. The number of ketones is 1. The Balaban J connectivity index is 1.74. The van der Waals surface area contributed by atoms with Gasteiger partial charge in [-0.15, -0.1) is 11.3 Å². The van der Waals surface area contributed by atoms with Gasteiger partial charge in [0.25, 0.3) is 5.91 Å². The van der Waals surface area contributed by atoms with Crippen molar-refractivity contribution in [2.45, 2.75) is 19.4 Å². The summed E-state index contributed by atoms with van der Waals surface area (Å²) in [7, 11) is 3.94. The summed E-state index contributed by atoms with van der Waals surface area (Å²) in [6, 6.07) is 8.46. The number of aryl methyl sites for hydroxylation is 1. The van der Waals surface area contributed by atoms with Crippen molar-refractivity contribution in [1.82, 2.24) is 9.80 Å². The standard InChI is InChI=1S/C23H23BrN2O4S/c1-13-7-10-31-22(13)19-18(21(28)23(29)26(19)9-4-8-25(2)3)20(27)17-12-14-11-15(24)5-6-16(14)30-17/h5-7,10-12,19,28H,4,8-9H2,1-3H3. The van der Waals surface area contributed by atoms with Gasteiger partial charge in [-0.3, -0.25) is 9.59 Å². The zero-order valence-electron chi connectivity index (χ0n) is 17.5. The van der Waals surface area contributed by atoms with Crippen LogP contribution in [0, 0.1) is 6.92 Å². The maximum Gasteiger partial charge on any atom is 0.290 e. The first-order valence-electron chi connectivity index (χ1n) is 9.94. The van der Waals surface area contributed by atoms with Crippen LogP contribution in [0.25, 0.3) is 11.0 Å². The Labute approximate surface area is 192 Å². The highest BCUT2D eigenvalue weighted by atomic mass is 79.9. The van der Waals surface area contributed by atoms with Crippen molar-refractivity contribution in [1.29, 1.82) is 0 Å². The van der Waals surface area contributed by atoms with Gasteiger partial charge >= 0.3 is 0 Å². The number of carbonyl (C=O) groups is 2. The predicted molar refractivity (Wildman–Crippen MR) is 125 cm³/mol. The monoisotopic (exact) mass is 502 g/mol. The van der Waals surface area contributed by atoms with Crippen LogP contribution in [0.4, 0.5) is 0 Å². The van der Waals surface area contributed by atoms with E-state index in [4.69, 9.17) is 4.42 Å². The minimum absolute atomic E-state index is 0.0820. The largest absolute Gasteiger partial charge is 0.503 e. The van der Waals surface area contributed by atoms with E-state index in [9.17, 15) is 14.7 Å². The van der Waals surface area contributed by atoms with E-state index in [0.29, 0.717) is 12.1 Å². The highest BCUT2D eigenvalue weighted by Crippen LogP contribution is 2.42. The topological polar surface area (TPSA) is 74.0 Å². The molecule has 0 fully saturated rings. The molecule has 31 heavy (non-hydrogen) atoms. The molecule has 8 heteroatoms. The summed E-state index contributed by atoms with van der Waals surface area (Å²) >= 11 is 4.90. The molecule has 1 aliphatic heterocycles. The van der Waals surface area contributed by atoms with E-state index in [1.807, 2.05) is 49.5 Å². The molecular weight excluding hydrogens is 480 g/mol. The molecule has 1 atom stereocenters. The molecule has 1 N–H and O–H groups in total. The van der Waals surface area contributed by atoms with Crippen LogP contribution < -0.4 is 0 Å². The molecule has 2 aromatic heterocycles. The van der Waals surface area contributed by atoms with Gasteiger partial charge in [0.15, 0.2) is 11.5 Å². The Bertz CT molecular complexity index is 1190. The van der Waals surface area contributed by atoms with Gasteiger partial charge in [0.2, 0.25) is 5.78 Å². The summed E-state index contributed by atoms with van der Waals surface area (Å²) in [5, 5.41) is 13.5. The fourth-order valence-electron chi connectivity index (χ4n) is 3.87. The van der Waals surface area contributed by atoms with E-state index >= 15 is 0 Å². The fourth-order valence-corrected chi connectivity index (χ4v) is 5.30. The Morgan fingerprint density at radius 1 is 1.29 bits per heavy atom. The molecule has 6 nitrogen and oxygen atoms in total. The van der Waals surface area contributed by atoms with Gasteiger partial charge in [-0.2, -0.15) is 0 Å². The second-order valence-electron chi connectivity index (χ2n) is 7.91. The Kier molecular flexibility index (Phi) is 6.05. The van der Waals surface area contributed by atoms with Crippen LogP contribution in [0.15, 0.2) is 55.9 Å². The number of amides is 1. The number of fused-ring (bicyclic) bond motifs is 1. The number of Topliss-reactive ketones (excluding diaryl/α,β-unsaturated/α-hetero) is 1. The first kappa shape index (κ1) is 21.8. The van der Waals surface area contributed by atoms with Crippen molar-refractivity contribution in [3.8, 4) is 0 Å². The zero-order valence-corrected chi connectivity index (χ0v) is 19.9. The molecule has 0 spiro atoms. The van der Waals surface area contributed by atoms with Crippen molar-refractivity contribution >= 4 is 49.9 Å². The quantitative estimate of drug-likeness (QED) is 0.455. The summed E-state index contributed by atoms with van der Waals surface area (Å²) in [6.07, 6.45) is 0.729. The molecule has 0 aliphatic carbocycles. The summed E-state index contributed by atoms with van der Waals surface area (Å²) in [4.78, 5) is 31.0. The highest BCUT2D eigenvalue weighted by Gasteiger charge is 2.45. The third-order valence-electron chi connectivity index (χ3n) is 5.40. The van der Waals surface area contributed by atoms with Gasteiger partial charge in [0.1, 0.15) is 5.58 Å². The van der Waals surface area contributed by atoms with Gasteiger partial charge in [0, 0.05) is 21.3 Å². The summed E-state index contributed by atoms with van der Waals surface area (Å²) < 4.78 is 6.65. The maximum absolute atomic E-state index is 13.5. The van der Waals surface area contributed by atoms with Gasteiger partial charge in [-0.25, -0.2) is 0 Å². The third kappa shape index (κ3) is 4.07. The van der Waals surface area contributed by atoms with E-state index < -0.39 is 23.5 Å². The minimum Gasteiger partial charge on any atom is -0.503 e. The van der Waals surface area contributed by atoms with Gasteiger partial charge in [0.05, 0.1) is 11.6 Å². The van der Waals surface area contributed by atoms with Crippen molar-refractivity contribution in [3.63, 3.8) is 0 Å². The lowest BCUT2D eigenvalue weighted by Gasteiger charge is -2.26. The first-order chi connectivity index (χ1) is 14.8. The average molecular weight is 503 g/mol. The highest BCUT2D eigenvalue weighted by molar-refractivity contribution is 9.10. The first-order valence-corrected chi connectivity index (χ1v) is 11.6. The van der Waals surface area contributed by atoms with Gasteiger partial charge < -0.3 is 19.3 Å². The second-order valence-corrected chi connectivity index (χ2v) is 9.77. The summed E-state index contributed by atoms with van der Waals surface area (Å²) in [5.74, 6) is -1.36. The lowest BCUT2D eigenvalue weighted by molar-refractivity contribution is -0.129. The number of furan rings is 1. The molecule has 1 aliphatic rings. The van der Waals surface area contributed by atoms with E-state index in [1.165, 1.54) is 11.3 Å². The Morgan fingerprint density at radius 3 is 2.74 bits per heavy atom. The van der Waals surface area contributed by atoms with Crippen molar-refractivity contribution in [3.05, 3.63) is 67.7 Å². The number of benzene rings is 1. The molecule has 1 unspecified atom stereocenters. The van der Waals surface area contributed by atoms with Crippen LogP contribution in [0.3, 0.4) is 0 Å². The summed E-state index contributed by atoms with van der Waals surface area (Å²) in [5.41, 5.74) is 1.63. The normalized spacial score (nSPS) is 16.9. The molecule has 0 radical (unpaired) electrons. The number of hydrogen-bond donors (Lipinski definition) is 1. The molecule has 0 saturated heterocycles. The fraction of sp³-hybridized carbons (Fsp3) is 0.304. The average Bonchev–Trinajstić information content (AvgIpc) is 3.39. The van der Waals surface area contributed by atoms with Crippen LogP contribution in [0.1, 0.15) is 33.5 Å². The number of rotatable bonds is 7. The number of aliphatic hydroxyl groups excluding tert-OH is 1. The zero-order chi connectivity index (χ0) is 22.3. The number of thiophene rings is 1.